The molecule has 6 atom stereocenters. The highest BCUT2D eigenvalue weighted by molar-refractivity contribution is 6.23. The number of hydrazine groups is 1. The van der Waals surface area contributed by atoms with E-state index in [-0.39, 0.29) is 29.8 Å². The Morgan fingerprint density at radius 1 is 0.865 bits per heavy atom. The minimum Gasteiger partial charge on any atom is -0.508 e. The number of methoxy groups -OCH3 is 1. The van der Waals surface area contributed by atoms with Gasteiger partial charge in [-0.05, 0) is 79.8 Å². The molecule has 4 aromatic carbocycles. The number of carboxylic acids is 1. The molecular formula is C41H35N3O8. The highest BCUT2D eigenvalue weighted by Gasteiger charge is 2.70. The van der Waals surface area contributed by atoms with Crippen molar-refractivity contribution in [1.82, 2.24) is 5.01 Å². The fourth-order valence-electron chi connectivity index (χ4n) is 9.01. The zero-order chi connectivity index (χ0) is 36.5. The van der Waals surface area contributed by atoms with E-state index in [4.69, 9.17) is 4.74 Å². The summed E-state index contributed by atoms with van der Waals surface area (Å²) in [6, 6.07) is 26.8. The number of hydrogen-bond acceptors (Lipinski definition) is 8. The van der Waals surface area contributed by atoms with Gasteiger partial charge in [0.2, 0.25) is 11.8 Å². The van der Waals surface area contributed by atoms with Crippen molar-refractivity contribution in [2.45, 2.75) is 31.1 Å². The molecule has 262 valence electrons. The first-order chi connectivity index (χ1) is 25.1. The number of hydrogen-bond donors (Lipinski definition) is 3. The number of anilines is 2. The van der Waals surface area contributed by atoms with Gasteiger partial charge in [0.15, 0.2) is 0 Å². The number of aryl methyl sites for hydroxylation is 1. The van der Waals surface area contributed by atoms with Gasteiger partial charge < -0.3 is 14.9 Å². The highest BCUT2D eigenvalue weighted by atomic mass is 16.5. The Morgan fingerprint density at radius 2 is 1.62 bits per heavy atom. The number of fused-ring (bicyclic) bond motifs is 4. The van der Waals surface area contributed by atoms with E-state index in [1.165, 1.54) is 37.4 Å². The second-order valence-corrected chi connectivity index (χ2v) is 13.9. The average Bonchev–Trinajstić information content (AvgIpc) is 3.54. The molecule has 0 unspecified atom stereocenters. The Bertz CT molecular complexity index is 2200. The van der Waals surface area contributed by atoms with Crippen molar-refractivity contribution in [2.75, 3.05) is 17.4 Å². The highest BCUT2D eigenvalue weighted by Crippen LogP contribution is 2.65. The van der Waals surface area contributed by atoms with Gasteiger partial charge in [-0.15, -0.1) is 0 Å². The third kappa shape index (κ3) is 4.75. The lowest BCUT2D eigenvalue weighted by Crippen LogP contribution is -2.53. The van der Waals surface area contributed by atoms with Crippen LogP contribution in [0.1, 0.15) is 45.8 Å². The monoisotopic (exact) mass is 697 g/mol. The number of carbonyl (C=O) groups is 5. The normalized spacial score (nSPS) is 26.4. The number of carbonyl (C=O) groups excluding carboxylic acids is 4. The predicted molar refractivity (Wildman–Crippen MR) is 189 cm³/mol. The minimum atomic E-state index is -1.56. The van der Waals surface area contributed by atoms with Crippen molar-refractivity contribution < 1.29 is 38.9 Å². The van der Waals surface area contributed by atoms with Gasteiger partial charge >= 0.3 is 5.97 Å². The van der Waals surface area contributed by atoms with Gasteiger partial charge in [-0.1, -0.05) is 65.7 Å². The van der Waals surface area contributed by atoms with Crippen LogP contribution in [0.2, 0.25) is 0 Å². The summed E-state index contributed by atoms with van der Waals surface area (Å²) in [4.78, 5) is 71.4. The summed E-state index contributed by atoms with van der Waals surface area (Å²) in [5.74, 6) is -7.13. The zero-order valence-electron chi connectivity index (χ0n) is 28.4. The minimum absolute atomic E-state index is 0.0677. The SMILES string of the molecule is COc1ccc(O)c([C@H]2C3=CC[C@@H]4C(=O)N(c5cccc(C(=O)O)c5)C(=O)[C@@H]4[C@@H]3C[C@H]3C(=O)N(Nc4ccc(C)cc4)C(=O)[C@@]23c2ccccc2)c1. The van der Waals surface area contributed by atoms with E-state index >= 15 is 4.79 Å². The van der Waals surface area contributed by atoms with E-state index in [0.29, 0.717) is 28.1 Å². The van der Waals surface area contributed by atoms with E-state index in [1.54, 1.807) is 36.4 Å². The summed E-state index contributed by atoms with van der Waals surface area (Å²) in [5, 5.41) is 22.3. The number of aromatic hydroxyl groups is 1. The lowest BCUT2D eigenvalue weighted by atomic mass is 9.49. The van der Waals surface area contributed by atoms with Gasteiger partial charge in [-0.3, -0.25) is 29.5 Å². The molecule has 4 aliphatic rings. The third-order valence-electron chi connectivity index (χ3n) is 11.3. The molecule has 3 N–H and O–H groups in total. The molecule has 0 aromatic heterocycles. The van der Waals surface area contributed by atoms with Crippen LogP contribution >= 0.6 is 0 Å². The molecule has 0 bridgehead atoms. The molecular weight excluding hydrogens is 662 g/mol. The van der Waals surface area contributed by atoms with E-state index in [1.807, 2.05) is 43.3 Å². The number of aromatic carboxylic acids is 1. The molecule has 52 heavy (non-hydrogen) atoms. The summed E-state index contributed by atoms with van der Waals surface area (Å²) in [6.07, 6.45) is 2.13. The molecule has 4 amide bonds. The Morgan fingerprint density at radius 3 is 2.33 bits per heavy atom. The van der Waals surface area contributed by atoms with Gasteiger partial charge in [0.1, 0.15) is 11.5 Å². The van der Waals surface area contributed by atoms with E-state index in [2.05, 4.69) is 5.43 Å². The third-order valence-corrected chi connectivity index (χ3v) is 11.3. The first kappa shape index (κ1) is 32.9. The molecule has 0 spiro atoms. The molecule has 1 saturated carbocycles. The number of nitrogens with one attached hydrogen (secondary N) is 1. The maximum Gasteiger partial charge on any atom is 0.335 e. The van der Waals surface area contributed by atoms with Crippen molar-refractivity contribution in [3.63, 3.8) is 0 Å². The van der Waals surface area contributed by atoms with Crippen molar-refractivity contribution in [3.8, 4) is 11.5 Å². The van der Waals surface area contributed by atoms with Crippen molar-refractivity contribution in [3.05, 3.63) is 131 Å². The van der Waals surface area contributed by atoms with Gasteiger partial charge in [0.05, 0.1) is 47.2 Å². The Kier molecular flexibility index (Phi) is 7.74. The molecule has 4 aromatic rings. The summed E-state index contributed by atoms with van der Waals surface area (Å²) in [7, 11) is 1.49. The molecule has 8 rings (SSSR count). The average molecular weight is 698 g/mol. The van der Waals surface area contributed by atoms with Gasteiger partial charge in [-0.2, -0.15) is 5.01 Å². The summed E-state index contributed by atoms with van der Waals surface area (Å²) in [6.45, 7) is 1.93. The number of phenols is 1. The Labute approximate surface area is 299 Å². The van der Waals surface area contributed by atoms with Gasteiger partial charge in [0.25, 0.3) is 11.8 Å². The standard InChI is InChI=1S/C41H35N3O8/c1-22-11-13-25(14-12-22)42-44-37(47)32-21-30-28(16-17-29-34(30)38(48)43(36(29)46)26-10-6-7-23(19-26)39(49)50)35(31-20-27(52-2)15-18-33(31)45)41(32,40(44)51)24-8-4-3-5-9-24/h3-16,18-20,29-30,32,34-35,42,45H,17,21H2,1-2H3,(H,49,50)/t29-,30+,32-,34-,35+,41+/m0/s1. The number of phenolic OH excluding ortho intramolecular Hbond substituents is 1. The van der Waals surface area contributed by atoms with Crippen molar-refractivity contribution in [1.29, 1.82) is 0 Å². The topological polar surface area (TPSA) is 154 Å². The largest absolute Gasteiger partial charge is 0.508 e. The van der Waals surface area contributed by atoms with Crippen LogP contribution in [0, 0.1) is 30.6 Å². The van der Waals surface area contributed by atoms with E-state index in [0.717, 1.165) is 15.5 Å². The lowest BCUT2D eigenvalue weighted by molar-refractivity contribution is -0.138. The Balaban J connectivity index is 1.32. The fraction of sp³-hybridized carbons (Fsp3) is 0.244. The number of carboxylic acid groups (broad SMARTS) is 1. The molecule has 11 heteroatoms. The smallest absolute Gasteiger partial charge is 0.335 e. The van der Waals surface area contributed by atoms with Crippen LogP contribution in [0.4, 0.5) is 11.4 Å². The molecule has 2 aliphatic heterocycles. The lowest BCUT2D eigenvalue weighted by Gasteiger charge is -2.50. The number of amides is 4. The number of rotatable bonds is 7. The molecule has 3 fully saturated rings. The summed E-state index contributed by atoms with van der Waals surface area (Å²) in [5.41, 5.74) is 4.71. The van der Waals surface area contributed by atoms with E-state index < -0.39 is 64.6 Å². The van der Waals surface area contributed by atoms with Crippen LogP contribution in [0.3, 0.4) is 0 Å². The van der Waals surface area contributed by atoms with Crippen LogP contribution in [0.5, 0.6) is 11.5 Å². The van der Waals surface area contributed by atoms with Gasteiger partial charge in [-0.25, -0.2) is 4.79 Å². The number of allylic oxidation sites excluding steroid dienone is 2. The van der Waals surface area contributed by atoms with Crippen LogP contribution in [-0.4, -0.2) is 51.9 Å². The molecule has 2 aliphatic carbocycles. The quantitative estimate of drug-likeness (QED) is 0.166. The number of benzene rings is 4. The second-order valence-electron chi connectivity index (χ2n) is 13.9. The first-order valence-electron chi connectivity index (χ1n) is 17.1. The first-order valence-corrected chi connectivity index (χ1v) is 17.1. The second kappa shape index (κ2) is 12.2. The summed E-state index contributed by atoms with van der Waals surface area (Å²) < 4.78 is 5.58. The summed E-state index contributed by atoms with van der Waals surface area (Å²) >= 11 is 0. The number of ether oxygens (including phenoxy) is 1. The number of imide groups is 2. The molecule has 2 saturated heterocycles. The molecule has 2 heterocycles. The predicted octanol–water partition coefficient (Wildman–Crippen LogP) is 5.60. The molecule has 0 radical (unpaired) electrons. The van der Waals surface area contributed by atoms with Crippen LogP contribution < -0.4 is 15.1 Å². The van der Waals surface area contributed by atoms with Crippen LogP contribution in [-0.2, 0) is 24.6 Å². The fourth-order valence-corrected chi connectivity index (χ4v) is 9.01. The van der Waals surface area contributed by atoms with Gasteiger partial charge in [0, 0.05) is 11.5 Å². The van der Waals surface area contributed by atoms with Crippen LogP contribution in [0.25, 0.3) is 0 Å². The van der Waals surface area contributed by atoms with Crippen molar-refractivity contribution in [2.24, 2.45) is 23.7 Å². The number of nitrogens with zero attached hydrogens (tertiary/aromatic N) is 2. The zero-order valence-corrected chi connectivity index (χ0v) is 28.4. The van der Waals surface area contributed by atoms with E-state index in [9.17, 15) is 29.4 Å². The van der Waals surface area contributed by atoms with Crippen LogP contribution in [0.15, 0.2) is 109 Å². The molecule has 11 nitrogen and oxygen atoms in total. The maximum absolute atomic E-state index is 15.3. The Hall–Kier alpha value is -6.23. The maximum atomic E-state index is 15.3. The van der Waals surface area contributed by atoms with Crippen molar-refractivity contribution >= 4 is 41.0 Å².